The van der Waals surface area contributed by atoms with Gasteiger partial charge in [-0.05, 0) is 25.7 Å². The number of rotatable bonds is 5. The standard InChI is InChI=1S/C15H27N3O3/c16-13(17-21)15(8-4-5-9-15)14(20)18(10-11-19)12-6-2-1-3-7-12/h12,19,21H,1-11H2,(H2,16,17). The van der Waals surface area contributed by atoms with Crippen molar-refractivity contribution in [1.82, 2.24) is 4.90 Å². The second kappa shape index (κ2) is 7.11. The van der Waals surface area contributed by atoms with E-state index in [9.17, 15) is 9.90 Å². The van der Waals surface area contributed by atoms with Crippen LogP contribution in [-0.4, -0.2) is 46.1 Å². The first-order valence-corrected chi connectivity index (χ1v) is 8.05. The number of nitrogens with two attached hydrogens (primary N) is 1. The molecule has 0 aromatic heterocycles. The van der Waals surface area contributed by atoms with Crippen molar-refractivity contribution < 1.29 is 15.1 Å². The van der Waals surface area contributed by atoms with Gasteiger partial charge in [-0.15, -0.1) is 0 Å². The van der Waals surface area contributed by atoms with Crippen LogP contribution < -0.4 is 5.73 Å². The second-order valence-corrected chi connectivity index (χ2v) is 6.29. The predicted octanol–water partition coefficient (Wildman–Crippen LogP) is 1.45. The van der Waals surface area contributed by atoms with Gasteiger partial charge in [0.25, 0.3) is 0 Å². The minimum absolute atomic E-state index is 0.0312. The molecule has 0 bridgehead atoms. The molecule has 4 N–H and O–H groups in total. The summed E-state index contributed by atoms with van der Waals surface area (Å²) in [6.07, 6.45) is 8.53. The normalized spacial score (nSPS) is 23.2. The van der Waals surface area contributed by atoms with Gasteiger partial charge in [0.05, 0.1) is 6.61 Å². The number of hydrogen-bond acceptors (Lipinski definition) is 4. The van der Waals surface area contributed by atoms with Gasteiger partial charge in [0.1, 0.15) is 5.41 Å². The van der Waals surface area contributed by atoms with Gasteiger partial charge in [-0.1, -0.05) is 37.3 Å². The van der Waals surface area contributed by atoms with Gasteiger partial charge < -0.3 is 20.9 Å². The molecule has 0 atom stereocenters. The van der Waals surface area contributed by atoms with E-state index in [1.807, 2.05) is 0 Å². The average Bonchev–Trinajstić information content (AvgIpc) is 3.03. The molecule has 0 radical (unpaired) electrons. The summed E-state index contributed by atoms with van der Waals surface area (Å²) in [5, 5.41) is 21.5. The molecule has 2 fully saturated rings. The van der Waals surface area contributed by atoms with Crippen LogP contribution in [0, 0.1) is 5.41 Å². The molecule has 0 saturated heterocycles. The third-order valence-electron chi connectivity index (χ3n) is 5.08. The molecule has 6 heteroatoms. The molecular formula is C15H27N3O3. The number of aliphatic hydroxyl groups is 1. The molecule has 0 aliphatic heterocycles. The summed E-state index contributed by atoms with van der Waals surface area (Å²) < 4.78 is 0. The third kappa shape index (κ3) is 3.15. The van der Waals surface area contributed by atoms with Gasteiger partial charge in [-0.3, -0.25) is 4.79 Å². The fourth-order valence-corrected chi connectivity index (χ4v) is 3.88. The van der Waals surface area contributed by atoms with E-state index in [0.717, 1.165) is 38.5 Å². The molecule has 1 amide bonds. The van der Waals surface area contributed by atoms with E-state index >= 15 is 0 Å². The fraction of sp³-hybridized carbons (Fsp3) is 0.867. The van der Waals surface area contributed by atoms with E-state index in [4.69, 9.17) is 10.9 Å². The van der Waals surface area contributed by atoms with Crippen molar-refractivity contribution >= 4 is 11.7 Å². The Hall–Kier alpha value is -1.30. The van der Waals surface area contributed by atoms with E-state index in [0.29, 0.717) is 19.4 Å². The molecule has 0 unspecified atom stereocenters. The van der Waals surface area contributed by atoms with Crippen LogP contribution in [0.1, 0.15) is 57.8 Å². The Morgan fingerprint density at radius 2 is 1.81 bits per heavy atom. The first-order chi connectivity index (χ1) is 10.2. The highest BCUT2D eigenvalue weighted by Crippen LogP contribution is 2.41. The van der Waals surface area contributed by atoms with Gasteiger partial charge in [0.2, 0.25) is 5.91 Å². The predicted molar refractivity (Wildman–Crippen MR) is 80.0 cm³/mol. The maximum atomic E-state index is 13.1. The largest absolute Gasteiger partial charge is 0.409 e. The van der Waals surface area contributed by atoms with Gasteiger partial charge in [0, 0.05) is 12.6 Å². The van der Waals surface area contributed by atoms with Crippen molar-refractivity contribution in [3.8, 4) is 0 Å². The quantitative estimate of drug-likeness (QED) is 0.309. The van der Waals surface area contributed by atoms with Gasteiger partial charge >= 0.3 is 0 Å². The highest BCUT2D eigenvalue weighted by molar-refractivity contribution is 6.07. The molecule has 2 aliphatic rings. The monoisotopic (exact) mass is 297 g/mol. The summed E-state index contributed by atoms with van der Waals surface area (Å²) in [6.45, 7) is 0.290. The number of hydrogen-bond donors (Lipinski definition) is 3. The zero-order valence-corrected chi connectivity index (χ0v) is 12.6. The molecule has 2 rings (SSSR count). The lowest BCUT2D eigenvalue weighted by molar-refractivity contribution is -0.142. The van der Waals surface area contributed by atoms with Crippen LogP contribution in [0.3, 0.4) is 0 Å². The van der Waals surface area contributed by atoms with Crippen molar-refractivity contribution in [2.24, 2.45) is 16.3 Å². The van der Waals surface area contributed by atoms with E-state index < -0.39 is 5.41 Å². The Bertz CT molecular complexity index is 386. The first-order valence-electron chi connectivity index (χ1n) is 8.05. The maximum absolute atomic E-state index is 13.1. The van der Waals surface area contributed by atoms with Crippen molar-refractivity contribution in [2.45, 2.75) is 63.8 Å². The molecule has 0 heterocycles. The van der Waals surface area contributed by atoms with Crippen LogP contribution >= 0.6 is 0 Å². The molecule has 2 saturated carbocycles. The van der Waals surface area contributed by atoms with Crippen molar-refractivity contribution in [3.63, 3.8) is 0 Å². The number of carbonyl (C=O) groups is 1. The lowest BCUT2D eigenvalue weighted by atomic mass is 9.81. The fourth-order valence-electron chi connectivity index (χ4n) is 3.88. The number of aliphatic hydroxyl groups excluding tert-OH is 1. The van der Waals surface area contributed by atoms with Crippen molar-refractivity contribution in [3.05, 3.63) is 0 Å². The maximum Gasteiger partial charge on any atom is 0.236 e. The van der Waals surface area contributed by atoms with Crippen LogP contribution in [0.25, 0.3) is 0 Å². The topological polar surface area (TPSA) is 99.2 Å². The molecule has 120 valence electrons. The van der Waals surface area contributed by atoms with Crippen molar-refractivity contribution in [1.29, 1.82) is 0 Å². The highest BCUT2D eigenvalue weighted by Gasteiger charge is 2.48. The van der Waals surface area contributed by atoms with Crippen LogP contribution in [0.5, 0.6) is 0 Å². The lowest BCUT2D eigenvalue weighted by Gasteiger charge is -2.39. The van der Waals surface area contributed by atoms with E-state index in [2.05, 4.69) is 5.16 Å². The Kier molecular flexibility index (Phi) is 5.45. The molecule has 0 spiro atoms. The van der Waals surface area contributed by atoms with Gasteiger partial charge in [-0.25, -0.2) is 0 Å². The minimum atomic E-state index is -0.860. The summed E-state index contributed by atoms with van der Waals surface area (Å²) in [6, 6.07) is 0.183. The number of nitrogens with zero attached hydrogens (tertiary/aromatic N) is 2. The van der Waals surface area contributed by atoms with Crippen LogP contribution in [0.15, 0.2) is 5.16 Å². The highest BCUT2D eigenvalue weighted by atomic mass is 16.4. The third-order valence-corrected chi connectivity index (χ3v) is 5.08. The smallest absolute Gasteiger partial charge is 0.236 e. The summed E-state index contributed by atoms with van der Waals surface area (Å²) in [5.41, 5.74) is 5.01. The number of amides is 1. The Morgan fingerprint density at radius 3 is 2.33 bits per heavy atom. The Labute approximate surface area is 126 Å². The summed E-state index contributed by atoms with van der Waals surface area (Å²) in [4.78, 5) is 14.9. The molecule has 2 aliphatic carbocycles. The first kappa shape index (κ1) is 16.1. The SMILES string of the molecule is NC(=NO)C1(C(=O)N(CCO)C2CCCCC2)CCCC1. The second-order valence-electron chi connectivity index (χ2n) is 6.29. The lowest BCUT2D eigenvalue weighted by Crippen LogP contribution is -2.54. The van der Waals surface area contributed by atoms with E-state index in [1.165, 1.54) is 6.42 Å². The average molecular weight is 297 g/mol. The minimum Gasteiger partial charge on any atom is -0.409 e. The zero-order valence-electron chi connectivity index (χ0n) is 12.6. The Balaban J connectivity index is 2.22. The van der Waals surface area contributed by atoms with Crippen molar-refractivity contribution in [2.75, 3.05) is 13.2 Å². The number of carbonyl (C=O) groups excluding carboxylic acids is 1. The Morgan fingerprint density at radius 1 is 1.19 bits per heavy atom. The van der Waals surface area contributed by atoms with Gasteiger partial charge in [-0.2, -0.15) is 0 Å². The zero-order chi connectivity index (χ0) is 15.3. The number of oxime groups is 1. The van der Waals surface area contributed by atoms with Gasteiger partial charge in [0.15, 0.2) is 5.84 Å². The molecule has 0 aromatic carbocycles. The molecular weight excluding hydrogens is 270 g/mol. The summed E-state index contributed by atoms with van der Waals surface area (Å²) >= 11 is 0. The van der Waals surface area contributed by atoms with E-state index in [1.54, 1.807) is 4.90 Å². The van der Waals surface area contributed by atoms with Crippen LogP contribution in [0.2, 0.25) is 0 Å². The molecule has 21 heavy (non-hydrogen) atoms. The molecule has 0 aromatic rings. The van der Waals surface area contributed by atoms with Crippen LogP contribution in [-0.2, 0) is 4.79 Å². The summed E-state index contributed by atoms with van der Waals surface area (Å²) in [5.74, 6) is -0.0278. The van der Waals surface area contributed by atoms with Crippen LogP contribution in [0.4, 0.5) is 0 Å². The number of amidine groups is 1. The molecule has 6 nitrogen and oxygen atoms in total. The summed E-state index contributed by atoms with van der Waals surface area (Å²) in [7, 11) is 0. The van der Waals surface area contributed by atoms with E-state index in [-0.39, 0.29) is 24.4 Å².